The molecule has 0 amide bonds. The number of aromatic nitrogens is 3. The first kappa shape index (κ1) is 13.6. The van der Waals surface area contributed by atoms with Gasteiger partial charge in [-0.2, -0.15) is 0 Å². The van der Waals surface area contributed by atoms with Crippen molar-refractivity contribution in [3.63, 3.8) is 0 Å². The van der Waals surface area contributed by atoms with Gasteiger partial charge in [-0.3, -0.25) is 0 Å². The largest absolute Gasteiger partial charge is 0.314 e. The van der Waals surface area contributed by atoms with Crippen molar-refractivity contribution in [2.24, 2.45) is 0 Å². The second-order valence-corrected chi connectivity index (χ2v) is 5.31. The zero-order valence-electron chi connectivity index (χ0n) is 10.2. The number of benzene rings is 1. The van der Waals surface area contributed by atoms with Crippen molar-refractivity contribution in [2.45, 2.75) is 32.2 Å². The van der Waals surface area contributed by atoms with Crippen molar-refractivity contribution in [1.82, 2.24) is 14.8 Å². The van der Waals surface area contributed by atoms with Crippen LogP contribution in [0.3, 0.4) is 0 Å². The summed E-state index contributed by atoms with van der Waals surface area (Å²) >= 11 is 9.36. The molecule has 96 valence electrons. The summed E-state index contributed by atoms with van der Waals surface area (Å²) in [6.45, 7) is 3.05. The third kappa shape index (κ3) is 3.12. The monoisotopic (exact) mass is 327 g/mol. The Hall–Kier alpha value is -0.870. The number of halogens is 2. The first-order valence-corrected chi connectivity index (χ1v) is 7.28. The van der Waals surface area contributed by atoms with Crippen LogP contribution in [0.4, 0.5) is 0 Å². The van der Waals surface area contributed by atoms with Crippen LogP contribution in [0, 0.1) is 0 Å². The smallest absolute Gasteiger partial charge is 0.147 e. The molecule has 0 saturated heterocycles. The summed E-state index contributed by atoms with van der Waals surface area (Å²) in [5.41, 5.74) is 1.22. The predicted molar refractivity (Wildman–Crippen MR) is 76.8 cm³/mol. The molecule has 3 nitrogen and oxygen atoms in total. The summed E-state index contributed by atoms with van der Waals surface area (Å²) in [4.78, 5) is 0. The molecule has 0 aliphatic carbocycles. The Morgan fingerprint density at radius 2 is 2.06 bits per heavy atom. The second kappa shape index (κ2) is 6.34. The summed E-state index contributed by atoms with van der Waals surface area (Å²) in [6.07, 6.45) is 1.83. The topological polar surface area (TPSA) is 30.7 Å². The van der Waals surface area contributed by atoms with Crippen LogP contribution >= 0.6 is 27.5 Å². The maximum Gasteiger partial charge on any atom is 0.147 e. The first-order chi connectivity index (χ1) is 8.74. The fourth-order valence-electron chi connectivity index (χ4n) is 1.91. The number of rotatable bonds is 5. The van der Waals surface area contributed by atoms with E-state index in [1.54, 1.807) is 0 Å². The van der Waals surface area contributed by atoms with E-state index in [-0.39, 0.29) is 0 Å². The SMILES string of the molecule is CCCn1c(CCl)nnc1Cc1cccc(Br)c1. The minimum Gasteiger partial charge on any atom is -0.314 e. The van der Waals surface area contributed by atoms with E-state index in [0.717, 1.165) is 35.5 Å². The Morgan fingerprint density at radius 3 is 2.72 bits per heavy atom. The molecular formula is C13H15BrClN3. The van der Waals surface area contributed by atoms with E-state index in [9.17, 15) is 0 Å². The quantitative estimate of drug-likeness (QED) is 0.782. The molecule has 0 unspecified atom stereocenters. The standard InChI is InChI=1S/C13H15BrClN3/c1-2-6-18-12(16-17-13(18)9-15)8-10-4-3-5-11(14)7-10/h3-5,7H,2,6,8-9H2,1H3. The van der Waals surface area contributed by atoms with Gasteiger partial charge in [-0.15, -0.1) is 21.8 Å². The van der Waals surface area contributed by atoms with E-state index in [1.165, 1.54) is 5.56 Å². The van der Waals surface area contributed by atoms with Gasteiger partial charge in [0.1, 0.15) is 11.6 Å². The molecule has 1 aromatic heterocycles. The molecule has 18 heavy (non-hydrogen) atoms. The van der Waals surface area contributed by atoms with Gasteiger partial charge in [-0.25, -0.2) is 0 Å². The minimum atomic E-state index is 0.408. The molecule has 0 atom stereocenters. The van der Waals surface area contributed by atoms with Gasteiger partial charge in [-0.1, -0.05) is 35.0 Å². The van der Waals surface area contributed by atoms with Crippen LogP contribution in [0.25, 0.3) is 0 Å². The Balaban J connectivity index is 2.25. The van der Waals surface area contributed by atoms with E-state index >= 15 is 0 Å². The second-order valence-electron chi connectivity index (χ2n) is 4.12. The molecule has 1 aromatic carbocycles. The summed E-state index contributed by atoms with van der Waals surface area (Å²) in [6, 6.07) is 8.24. The van der Waals surface area contributed by atoms with Crippen LogP contribution in [0.1, 0.15) is 30.6 Å². The van der Waals surface area contributed by atoms with Gasteiger partial charge in [-0.05, 0) is 24.1 Å². The predicted octanol–water partition coefficient (Wildman–Crippen LogP) is 3.78. The highest BCUT2D eigenvalue weighted by molar-refractivity contribution is 9.10. The molecule has 0 aliphatic rings. The Bertz CT molecular complexity index is 525. The molecule has 0 fully saturated rings. The molecule has 0 spiro atoms. The molecule has 2 aromatic rings. The molecule has 0 N–H and O–H groups in total. The van der Waals surface area contributed by atoms with E-state index < -0.39 is 0 Å². The Labute approximate surface area is 120 Å². The van der Waals surface area contributed by atoms with Gasteiger partial charge in [0.05, 0.1) is 5.88 Å². The van der Waals surface area contributed by atoms with Gasteiger partial charge >= 0.3 is 0 Å². The molecule has 0 saturated carbocycles. The van der Waals surface area contributed by atoms with Crippen LogP contribution < -0.4 is 0 Å². The van der Waals surface area contributed by atoms with Crippen molar-refractivity contribution >= 4 is 27.5 Å². The third-order valence-corrected chi connectivity index (χ3v) is 3.45. The van der Waals surface area contributed by atoms with E-state index in [4.69, 9.17) is 11.6 Å². The van der Waals surface area contributed by atoms with Gasteiger partial charge in [0.25, 0.3) is 0 Å². The molecule has 2 rings (SSSR count). The van der Waals surface area contributed by atoms with E-state index in [2.05, 4.69) is 49.8 Å². The van der Waals surface area contributed by atoms with Crippen molar-refractivity contribution in [2.75, 3.05) is 0 Å². The molecular weight excluding hydrogens is 314 g/mol. The zero-order chi connectivity index (χ0) is 13.0. The highest BCUT2D eigenvalue weighted by Crippen LogP contribution is 2.16. The van der Waals surface area contributed by atoms with Crippen LogP contribution in [0.2, 0.25) is 0 Å². The molecule has 0 bridgehead atoms. The fraction of sp³-hybridized carbons (Fsp3) is 0.385. The number of nitrogens with zero attached hydrogens (tertiary/aromatic N) is 3. The van der Waals surface area contributed by atoms with Crippen LogP contribution in [-0.2, 0) is 18.8 Å². The van der Waals surface area contributed by atoms with Crippen LogP contribution in [0.5, 0.6) is 0 Å². The summed E-state index contributed by atoms with van der Waals surface area (Å²) in [5, 5.41) is 8.38. The Kier molecular flexibility index (Phi) is 4.78. The normalized spacial score (nSPS) is 10.8. The maximum atomic E-state index is 5.88. The zero-order valence-corrected chi connectivity index (χ0v) is 12.6. The maximum absolute atomic E-state index is 5.88. The average molecular weight is 329 g/mol. The lowest BCUT2D eigenvalue weighted by Crippen LogP contribution is -2.07. The van der Waals surface area contributed by atoms with Gasteiger partial charge in [0.15, 0.2) is 0 Å². The van der Waals surface area contributed by atoms with E-state index in [1.807, 2.05) is 12.1 Å². The van der Waals surface area contributed by atoms with Crippen LogP contribution in [-0.4, -0.2) is 14.8 Å². The number of hydrogen-bond donors (Lipinski definition) is 0. The van der Waals surface area contributed by atoms with Crippen molar-refractivity contribution < 1.29 is 0 Å². The first-order valence-electron chi connectivity index (χ1n) is 5.96. The van der Waals surface area contributed by atoms with Crippen molar-refractivity contribution in [1.29, 1.82) is 0 Å². The lowest BCUT2D eigenvalue weighted by molar-refractivity contribution is 0.627. The molecule has 5 heteroatoms. The summed E-state index contributed by atoms with van der Waals surface area (Å²) in [7, 11) is 0. The van der Waals surface area contributed by atoms with Crippen molar-refractivity contribution in [3.05, 3.63) is 46.0 Å². The summed E-state index contributed by atoms with van der Waals surface area (Å²) < 4.78 is 3.20. The third-order valence-electron chi connectivity index (χ3n) is 2.72. The number of alkyl halides is 1. The lowest BCUT2D eigenvalue weighted by Gasteiger charge is -2.07. The highest BCUT2D eigenvalue weighted by Gasteiger charge is 2.11. The van der Waals surface area contributed by atoms with Gasteiger partial charge < -0.3 is 4.57 Å². The fourth-order valence-corrected chi connectivity index (χ4v) is 2.56. The summed E-state index contributed by atoms with van der Waals surface area (Å²) in [5.74, 6) is 2.24. The molecule has 0 radical (unpaired) electrons. The number of hydrogen-bond acceptors (Lipinski definition) is 2. The highest BCUT2D eigenvalue weighted by atomic mass is 79.9. The van der Waals surface area contributed by atoms with Gasteiger partial charge in [0, 0.05) is 17.4 Å². The van der Waals surface area contributed by atoms with Crippen LogP contribution in [0.15, 0.2) is 28.7 Å². The molecule has 1 heterocycles. The van der Waals surface area contributed by atoms with Gasteiger partial charge in [0.2, 0.25) is 0 Å². The lowest BCUT2D eigenvalue weighted by atomic mass is 10.1. The molecule has 0 aliphatic heterocycles. The van der Waals surface area contributed by atoms with E-state index in [0.29, 0.717) is 5.88 Å². The Morgan fingerprint density at radius 1 is 1.28 bits per heavy atom. The minimum absolute atomic E-state index is 0.408. The average Bonchev–Trinajstić information content (AvgIpc) is 2.72. The van der Waals surface area contributed by atoms with Crippen molar-refractivity contribution in [3.8, 4) is 0 Å².